The van der Waals surface area contributed by atoms with E-state index in [0.717, 1.165) is 31.3 Å². The molecule has 1 aliphatic heterocycles. The number of carbonyl (C=O) groups is 1. The van der Waals surface area contributed by atoms with Gasteiger partial charge in [0.2, 0.25) is 0 Å². The van der Waals surface area contributed by atoms with E-state index < -0.39 is 0 Å². The largest absolute Gasteiger partial charge is 0.374 e. The molecule has 56 valence electrons. The molecule has 1 fully saturated rings. The van der Waals surface area contributed by atoms with Crippen LogP contribution in [-0.2, 0) is 9.53 Å². The summed E-state index contributed by atoms with van der Waals surface area (Å²) in [6, 6.07) is 0. The van der Waals surface area contributed by atoms with Crippen LogP contribution in [0.2, 0.25) is 0 Å². The lowest BCUT2D eigenvalue weighted by Gasteiger charge is -2.06. The third-order valence-electron chi connectivity index (χ3n) is 1.74. The summed E-state index contributed by atoms with van der Waals surface area (Å²) in [7, 11) is 0. The molecule has 1 rings (SSSR count). The topological polar surface area (TPSA) is 26.3 Å². The van der Waals surface area contributed by atoms with Crippen LogP contribution in [0.4, 0.5) is 0 Å². The Hall–Kier alpha value is -0.630. The minimum absolute atomic E-state index is 0.158. The van der Waals surface area contributed by atoms with Crippen LogP contribution >= 0.6 is 0 Å². The number of hydrogen-bond donors (Lipinski definition) is 0. The Morgan fingerprint density at radius 1 is 1.80 bits per heavy atom. The lowest BCUT2D eigenvalue weighted by Crippen LogP contribution is -2.06. The minimum Gasteiger partial charge on any atom is -0.374 e. The molecule has 1 aliphatic rings. The van der Waals surface area contributed by atoms with E-state index in [2.05, 4.69) is 6.58 Å². The van der Waals surface area contributed by atoms with Gasteiger partial charge in [-0.15, -0.1) is 0 Å². The van der Waals surface area contributed by atoms with Crippen molar-refractivity contribution >= 4 is 6.29 Å². The Labute approximate surface area is 60.9 Å². The predicted molar refractivity (Wildman–Crippen MR) is 38.8 cm³/mol. The molecular formula is C8H12O2. The lowest BCUT2D eigenvalue weighted by molar-refractivity contribution is -0.108. The van der Waals surface area contributed by atoms with Gasteiger partial charge in [-0.3, -0.25) is 0 Å². The van der Waals surface area contributed by atoms with Crippen LogP contribution in [0.5, 0.6) is 0 Å². The Bertz CT molecular complexity index is 140. The lowest BCUT2D eigenvalue weighted by atomic mass is 10.1. The van der Waals surface area contributed by atoms with Gasteiger partial charge < -0.3 is 9.53 Å². The Morgan fingerprint density at radius 3 is 3.10 bits per heavy atom. The molecule has 2 nitrogen and oxygen atoms in total. The first kappa shape index (κ1) is 7.48. The highest BCUT2D eigenvalue weighted by Crippen LogP contribution is 2.20. The fourth-order valence-electron chi connectivity index (χ4n) is 1.12. The molecular weight excluding hydrogens is 128 g/mol. The molecule has 1 unspecified atom stereocenters. The highest BCUT2D eigenvalue weighted by Gasteiger charge is 2.18. The van der Waals surface area contributed by atoms with Crippen molar-refractivity contribution in [2.45, 2.75) is 25.4 Å². The molecule has 2 heteroatoms. The first-order chi connectivity index (χ1) is 4.84. The van der Waals surface area contributed by atoms with E-state index in [9.17, 15) is 4.79 Å². The van der Waals surface area contributed by atoms with Crippen LogP contribution in [0.1, 0.15) is 19.3 Å². The maximum atomic E-state index is 9.98. The fraction of sp³-hybridized carbons (Fsp3) is 0.625. The Balaban J connectivity index is 2.26. The van der Waals surface area contributed by atoms with Gasteiger partial charge in [-0.25, -0.2) is 0 Å². The molecule has 0 aromatic carbocycles. The highest BCUT2D eigenvalue weighted by molar-refractivity contribution is 5.49. The molecule has 0 aromatic rings. The smallest absolute Gasteiger partial charge is 0.120 e. The number of hydrogen-bond acceptors (Lipinski definition) is 2. The van der Waals surface area contributed by atoms with Gasteiger partial charge >= 0.3 is 0 Å². The number of rotatable bonds is 3. The van der Waals surface area contributed by atoms with Gasteiger partial charge in [0.05, 0.1) is 12.7 Å². The Kier molecular flexibility index (Phi) is 2.63. The van der Waals surface area contributed by atoms with Gasteiger partial charge in [0.1, 0.15) is 6.29 Å². The average Bonchev–Trinajstić information content (AvgIpc) is 2.31. The first-order valence-electron chi connectivity index (χ1n) is 3.57. The van der Waals surface area contributed by atoms with Crippen molar-refractivity contribution in [3.05, 3.63) is 12.2 Å². The zero-order valence-electron chi connectivity index (χ0n) is 6.01. The van der Waals surface area contributed by atoms with Gasteiger partial charge in [-0.05, 0) is 18.4 Å². The number of ether oxygens (including phenoxy) is 1. The standard InChI is InChI=1S/C8H12O2/c1-7-4-6-10-8(7)3-2-5-9/h5,8H,1-4,6H2. The first-order valence-corrected chi connectivity index (χ1v) is 3.57. The van der Waals surface area contributed by atoms with Crippen molar-refractivity contribution < 1.29 is 9.53 Å². The van der Waals surface area contributed by atoms with Gasteiger partial charge in [0.15, 0.2) is 0 Å². The van der Waals surface area contributed by atoms with Crippen molar-refractivity contribution in [1.82, 2.24) is 0 Å². The third-order valence-corrected chi connectivity index (χ3v) is 1.74. The van der Waals surface area contributed by atoms with Crippen LogP contribution in [0.25, 0.3) is 0 Å². The van der Waals surface area contributed by atoms with Crippen LogP contribution in [-0.4, -0.2) is 19.0 Å². The molecule has 0 N–H and O–H groups in total. The predicted octanol–water partition coefficient (Wildman–Crippen LogP) is 1.31. The van der Waals surface area contributed by atoms with E-state index >= 15 is 0 Å². The zero-order valence-corrected chi connectivity index (χ0v) is 6.01. The second-order valence-corrected chi connectivity index (χ2v) is 2.51. The molecule has 0 amide bonds. The normalized spacial score (nSPS) is 25.2. The quantitative estimate of drug-likeness (QED) is 0.436. The van der Waals surface area contributed by atoms with Crippen molar-refractivity contribution in [3.63, 3.8) is 0 Å². The van der Waals surface area contributed by atoms with Crippen molar-refractivity contribution in [2.24, 2.45) is 0 Å². The monoisotopic (exact) mass is 140 g/mol. The van der Waals surface area contributed by atoms with Crippen molar-refractivity contribution in [3.8, 4) is 0 Å². The summed E-state index contributed by atoms with van der Waals surface area (Å²) in [6.07, 6.45) is 3.44. The second kappa shape index (κ2) is 3.52. The van der Waals surface area contributed by atoms with Crippen LogP contribution in [0.15, 0.2) is 12.2 Å². The van der Waals surface area contributed by atoms with Crippen molar-refractivity contribution in [1.29, 1.82) is 0 Å². The molecule has 0 aromatic heterocycles. The summed E-state index contributed by atoms with van der Waals surface area (Å²) in [6.45, 7) is 4.63. The molecule has 10 heavy (non-hydrogen) atoms. The van der Waals surface area contributed by atoms with Crippen molar-refractivity contribution in [2.75, 3.05) is 6.61 Å². The van der Waals surface area contributed by atoms with E-state index in [1.54, 1.807) is 0 Å². The third kappa shape index (κ3) is 1.67. The summed E-state index contributed by atoms with van der Waals surface area (Å²) in [4.78, 5) is 9.98. The molecule has 0 spiro atoms. The minimum atomic E-state index is 0.158. The van der Waals surface area contributed by atoms with Gasteiger partial charge in [0, 0.05) is 6.42 Å². The van der Waals surface area contributed by atoms with E-state index in [0.29, 0.717) is 6.42 Å². The summed E-state index contributed by atoms with van der Waals surface area (Å²) in [5.41, 5.74) is 1.14. The zero-order chi connectivity index (χ0) is 7.40. The molecule has 0 aliphatic carbocycles. The van der Waals surface area contributed by atoms with Crippen LogP contribution in [0, 0.1) is 0 Å². The van der Waals surface area contributed by atoms with E-state index in [1.165, 1.54) is 0 Å². The maximum absolute atomic E-state index is 9.98. The number of aldehydes is 1. The van der Waals surface area contributed by atoms with Gasteiger partial charge in [-0.2, -0.15) is 0 Å². The van der Waals surface area contributed by atoms with Gasteiger partial charge in [-0.1, -0.05) is 6.58 Å². The molecule has 0 radical (unpaired) electrons. The molecule has 1 heterocycles. The average molecular weight is 140 g/mol. The van der Waals surface area contributed by atoms with E-state index in [1.807, 2.05) is 0 Å². The number of carbonyl (C=O) groups excluding carboxylic acids is 1. The summed E-state index contributed by atoms with van der Waals surface area (Å²) in [5, 5.41) is 0. The van der Waals surface area contributed by atoms with Crippen LogP contribution < -0.4 is 0 Å². The summed E-state index contributed by atoms with van der Waals surface area (Å²) < 4.78 is 5.31. The second-order valence-electron chi connectivity index (χ2n) is 2.51. The maximum Gasteiger partial charge on any atom is 0.120 e. The molecule has 1 saturated heterocycles. The highest BCUT2D eigenvalue weighted by atomic mass is 16.5. The summed E-state index contributed by atoms with van der Waals surface area (Å²) in [5.74, 6) is 0. The SMILES string of the molecule is C=C1CCOC1CCC=O. The molecule has 0 bridgehead atoms. The van der Waals surface area contributed by atoms with Gasteiger partial charge in [0.25, 0.3) is 0 Å². The fourth-order valence-corrected chi connectivity index (χ4v) is 1.12. The molecule has 1 atom stereocenters. The van der Waals surface area contributed by atoms with E-state index in [-0.39, 0.29) is 6.10 Å². The Morgan fingerprint density at radius 2 is 2.60 bits per heavy atom. The molecule has 0 saturated carbocycles. The van der Waals surface area contributed by atoms with Crippen LogP contribution in [0.3, 0.4) is 0 Å². The summed E-state index contributed by atoms with van der Waals surface area (Å²) >= 11 is 0. The van der Waals surface area contributed by atoms with E-state index in [4.69, 9.17) is 4.74 Å².